The van der Waals surface area contributed by atoms with Gasteiger partial charge in [-0.2, -0.15) is 0 Å². The fraction of sp³-hybridized carbons (Fsp3) is 0.808. The van der Waals surface area contributed by atoms with Gasteiger partial charge in [-0.05, 0) is 45.4 Å². The third kappa shape index (κ3) is 4.28. The summed E-state index contributed by atoms with van der Waals surface area (Å²) in [5, 5.41) is 19.2. The standard InChI is InChI=1S/C26H42N2O6/c1-5-12-18(4)27(15-6-2)23(31)21-26-14-13-25(7-3,34-26)20(24(32)33)19(26)22(30)28(21)16-10-8-9-11-17-29/h6,18-21,29H,2,5,7-17H2,1,3-4H3,(H,32,33)/t18?,19-,20-,21?,25+,26?/m0/s1. The monoisotopic (exact) mass is 478 g/mol. The van der Waals surface area contributed by atoms with Crippen molar-refractivity contribution < 1.29 is 29.3 Å². The minimum absolute atomic E-state index is 0.0264. The molecule has 0 radical (unpaired) electrons. The molecule has 0 saturated carbocycles. The molecule has 2 amide bonds. The van der Waals surface area contributed by atoms with Crippen molar-refractivity contribution in [1.29, 1.82) is 0 Å². The third-order valence-electron chi connectivity index (χ3n) is 8.34. The Morgan fingerprint density at radius 2 is 1.97 bits per heavy atom. The van der Waals surface area contributed by atoms with Gasteiger partial charge in [-0.25, -0.2) is 0 Å². The van der Waals surface area contributed by atoms with Gasteiger partial charge in [0.15, 0.2) is 0 Å². The highest BCUT2D eigenvalue weighted by Crippen LogP contribution is 2.64. The molecule has 3 aliphatic heterocycles. The number of likely N-dealkylation sites (tertiary alicyclic amines) is 1. The topological polar surface area (TPSA) is 107 Å². The summed E-state index contributed by atoms with van der Waals surface area (Å²) in [5.74, 6) is -3.21. The first-order valence-corrected chi connectivity index (χ1v) is 13.0. The lowest BCUT2D eigenvalue weighted by Gasteiger charge is -2.39. The van der Waals surface area contributed by atoms with Gasteiger partial charge in [-0.3, -0.25) is 14.4 Å². The van der Waals surface area contributed by atoms with Gasteiger partial charge in [-0.15, -0.1) is 6.58 Å². The molecule has 34 heavy (non-hydrogen) atoms. The van der Waals surface area contributed by atoms with Gasteiger partial charge < -0.3 is 24.7 Å². The van der Waals surface area contributed by atoms with Crippen LogP contribution in [0.5, 0.6) is 0 Å². The Morgan fingerprint density at radius 3 is 2.56 bits per heavy atom. The van der Waals surface area contributed by atoms with E-state index < -0.39 is 35.0 Å². The van der Waals surface area contributed by atoms with Gasteiger partial charge in [0.25, 0.3) is 0 Å². The predicted molar refractivity (Wildman–Crippen MR) is 128 cm³/mol. The number of rotatable bonds is 14. The van der Waals surface area contributed by atoms with Crippen LogP contribution in [0, 0.1) is 11.8 Å². The smallest absolute Gasteiger partial charge is 0.310 e. The maximum absolute atomic E-state index is 14.2. The van der Waals surface area contributed by atoms with Crippen LogP contribution in [0.25, 0.3) is 0 Å². The Labute approximate surface area is 203 Å². The maximum Gasteiger partial charge on any atom is 0.310 e. The summed E-state index contributed by atoms with van der Waals surface area (Å²) < 4.78 is 6.59. The first-order chi connectivity index (χ1) is 16.2. The summed E-state index contributed by atoms with van der Waals surface area (Å²) in [7, 11) is 0. The largest absolute Gasteiger partial charge is 0.481 e. The van der Waals surface area contributed by atoms with Crippen molar-refractivity contribution in [3.05, 3.63) is 12.7 Å². The van der Waals surface area contributed by atoms with E-state index in [1.165, 1.54) is 0 Å². The summed E-state index contributed by atoms with van der Waals surface area (Å²) in [6.07, 6.45) is 8.08. The summed E-state index contributed by atoms with van der Waals surface area (Å²) in [4.78, 5) is 43.8. The minimum atomic E-state index is -1.09. The van der Waals surface area contributed by atoms with Crippen molar-refractivity contribution in [3.63, 3.8) is 0 Å². The van der Waals surface area contributed by atoms with Crippen LogP contribution in [-0.2, 0) is 19.1 Å². The molecule has 0 aromatic rings. The summed E-state index contributed by atoms with van der Waals surface area (Å²) in [6, 6.07) is -0.846. The van der Waals surface area contributed by atoms with Crippen LogP contribution < -0.4 is 0 Å². The summed E-state index contributed by atoms with van der Waals surface area (Å²) >= 11 is 0. The Kier molecular flexibility index (Phi) is 8.45. The number of fused-ring (bicyclic) bond motifs is 1. The van der Waals surface area contributed by atoms with Crippen LogP contribution in [-0.4, -0.2) is 80.8 Å². The Balaban J connectivity index is 1.99. The van der Waals surface area contributed by atoms with E-state index in [1.54, 1.807) is 15.9 Å². The molecule has 0 aliphatic carbocycles. The molecule has 3 saturated heterocycles. The average molecular weight is 479 g/mol. The molecule has 2 N–H and O–H groups in total. The molecule has 3 unspecified atom stereocenters. The number of hydrogen-bond acceptors (Lipinski definition) is 5. The Morgan fingerprint density at radius 1 is 1.26 bits per heavy atom. The zero-order valence-electron chi connectivity index (χ0n) is 21.0. The molecule has 1 spiro atoms. The fourth-order valence-electron chi connectivity index (χ4n) is 6.72. The Bertz CT molecular complexity index is 787. The number of nitrogens with zero attached hydrogens (tertiary/aromatic N) is 2. The highest BCUT2D eigenvalue weighted by Gasteiger charge is 2.79. The van der Waals surface area contributed by atoms with E-state index in [0.717, 1.165) is 25.7 Å². The zero-order chi connectivity index (χ0) is 25.1. The number of ether oxygens (including phenoxy) is 1. The minimum Gasteiger partial charge on any atom is -0.481 e. The second-order valence-electron chi connectivity index (χ2n) is 10.3. The molecular weight excluding hydrogens is 436 g/mol. The van der Waals surface area contributed by atoms with Crippen molar-refractivity contribution in [2.45, 2.75) is 102 Å². The molecule has 0 aromatic carbocycles. The fourth-order valence-corrected chi connectivity index (χ4v) is 6.72. The lowest BCUT2D eigenvalue weighted by Crippen LogP contribution is -2.58. The molecule has 3 aliphatic rings. The number of carboxylic acid groups (broad SMARTS) is 1. The normalized spacial score (nSPS) is 32.6. The van der Waals surface area contributed by atoms with E-state index in [4.69, 9.17) is 9.84 Å². The van der Waals surface area contributed by atoms with Crippen molar-refractivity contribution in [2.75, 3.05) is 19.7 Å². The molecule has 3 heterocycles. The van der Waals surface area contributed by atoms with Crippen LogP contribution in [0.1, 0.15) is 78.6 Å². The van der Waals surface area contributed by atoms with E-state index in [9.17, 15) is 19.5 Å². The molecule has 3 rings (SSSR count). The van der Waals surface area contributed by atoms with Crippen molar-refractivity contribution >= 4 is 17.8 Å². The molecule has 192 valence electrons. The first kappa shape index (κ1) is 26.7. The van der Waals surface area contributed by atoms with Crippen LogP contribution >= 0.6 is 0 Å². The molecule has 8 nitrogen and oxygen atoms in total. The van der Waals surface area contributed by atoms with Crippen molar-refractivity contribution in [1.82, 2.24) is 9.80 Å². The van der Waals surface area contributed by atoms with Crippen LogP contribution in [0.15, 0.2) is 12.7 Å². The van der Waals surface area contributed by atoms with Gasteiger partial charge in [0.1, 0.15) is 17.6 Å². The lowest BCUT2D eigenvalue weighted by molar-refractivity contribution is -0.158. The highest BCUT2D eigenvalue weighted by atomic mass is 16.5. The molecule has 6 atom stereocenters. The third-order valence-corrected chi connectivity index (χ3v) is 8.34. The lowest BCUT2D eigenvalue weighted by atomic mass is 9.65. The number of aliphatic hydroxyl groups is 1. The van der Waals surface area contributed by atoms with Crippen LogP contribution in [0.2, 0.25) is 0 Å². The highest BCUT2D eigenvalue weighted by molar-refractivity contribution is 5.98. The van der Waals surface area contributed by atoms with Crippen LogP contribution in [0.3, 0.4) is 0 Å². The second-order valence-corrected chi connectivity index (χ2v) is 10.3. The number of aliphatic carboxylic acids is 1. The summed E-state index contributed by atoms with van der Waals surface area (Å²) in [6.45, 7) is 10.7. The van der Waals surface area contributed by atoms with Gasteiger partial charge in [0.2, 0.25) is 11.8 Å². The van der Waals surface area contributed by atoms with Gasteiger partial charge >= 0.3 is 5.97 Å². The number of carbonyl (C=O) groups excluding carboxylic acids is 2. The van der Waals surface area contributed by atoms with E-state index in [1.807, 2.05) is 13.8 Å². The molecule has 0 aromatic heterocycles. The molecular formula is C26H42N2O6. The molecule has 3 fully saturated rings. The van der Waals surface area contributed by atoms with Crippen molar-refractivity contribution in [2.24, 2.45) is 11.8 Å². The quantitative estimate of drug-likeness (QED) is 0.294. The Hall–Kier alpha value is -1.93. The molecule has 2 bridgehead atoms. The van der Waals surface area contributed by atoms with E-state index >= 15 is 0 Å². The SMILES string of the molecule is C=CCN(C(=O)C1N(CCCCCCO)C(=O)[C@@H]2[C@@H](C(=O)O)[C@@]3(CC)CCC12O3)C(C)CCC. The van der Waals surface area contributed by atoms with E-state index in [2.05, 4.69) is 13.5 Å². The average Bonchev–Trinajstić information content (AvgIpc) is 3.41. The maximum atomic E-state index is 14.2. The number of amides is 2. The van der Waals surface area contributed by atoms with Crippen LogP contribution in [0.4, 0.5) is 0 Å². The first-order valence-electron chi connectivity index (χ1n) is 13.0. The van der Waals surface area contributed by atoms with Gasteiger partial charge in [-0.1, -0.05) is 39.2 Å². The number of carboxylic acids is 1. The van der Waals surface area contributed by atoms with E-state index in [-0.39, 0.29) is 24.5 Å². The number of aliphatic hydroxyl groups excluding tert-OH is 1. The predicted octanol–water partition coefficient (Wildman–Crippen LogP) is 2.98. The number of hydrogen-bond donors (Lipinski definition) is 2. The van der Waals surface area contributed by atoms with Gasteiger partial charge in [0, 0.05) is 25.7 Å². The number of unbranched alkanes of at least 4 members (excludes halogenated alkanes) is 3. The summed E-state index contributed by atoms with van der Waals surface area (Å²) in [5.41, 5.74) is -1.99. The second kappa shape index (κ2) is 10.8. The van der Waals surface area contributed by atoms with Gasteiger partial charge in [0.05, 0.1) is 11.5 Å². The van der Waals surface area contributed by atoms with E-state index in [0.29, 0.717) is 45.2 Å². The van der Waals surface area contributed by atoms with Crippen molar-refractivity contribution in [3.8, 4) is 0 Å². The molecule has 8 heteroatoms. The zero-order valence-corrected chi connectivity index (χ0v) is 21.0. The number of carbonyl (C=O) groups is 3.